The topological polar surface area (TPSA) is 21.7 Å². The van der Waals surface area contributed by atoms with Crippen LogP contribution in [0.1, 0.15) is 24.0 Å². The van der Waals surface area contributed by atoms with Gasteiger partial charge in [0, 0.05) is 23.1 Å². The molecule has 0 atom stereocenters. The normalized spacial score (nSPS) is 21.5. The Morgan fingerprint density at radius 1 is 1.09 bits per heavy atom. The van der Waals surface area contributed by atoms with Crippen LogP contribution in [-0.4, -0.2) is 49.8 Å². The van der Waals surface area contributed by atoms with E-state index in [-0.39, 0.29) is 6.29 Å². The zero-order valence-corrected chi connectivity index (χ0v) is 14.5. The molecule has 3 nitrogen and oxygen atoms in total. The molecule has 0 bridgehead atoms. The van der Waals surface area contributed by atoms with Gasteiger partial charge in [-0.3, -0.25) is 0 Å². The molecule has 2 fully saturated rings. The van der Waals surface area contributed by atoms with Crippen molar-refractivity contribution in [2.75, 3.05) is 38.6 Å². The fourth-order valence-corrected chi connectivity index (χ4v) is 4.20. The number of nitrogens with zero attached hydrogens (tertiary/aromatic N) is 1. The second kappa shape index (κ2) is 7.82. The van der Waals surface area contributed by atoms with Gasteiger partial charge in [0.15, 0.2) is 6.29 Å². The standard InChI is InChI=1S/C18H27NO2S/c1-14-3-4-17(13-15(14)2)22-12-9-19-7-5-16(6-8-19)18-20-10-11-21-18/h3-4,13,16,18H,5-12H2,1-2H3. The van der Waals surface area contributed by atoms with E-state index in [9.17, 15) is 0 Å². The predicted molar refractivity (Wildman–Crippen MR) is 91.5 cm³/mol. The summed E-state index contributed by atoms with van der Waals surface area (Å²) in [6.07, 6.45) is 2.49. The van der Waals surface area contributed by atoms with E-state index in [0.29, 0.717) is 5.92 Å². The van der Waals surface area contributed by atoms with Gasteiger partial charge in [-0.05, 0) is 63.0 Å². The number of rotatable bonds is 5. The van der Waals surface area contributed by atoms with Gasteiger partial charge in [0.2, 0.25) is 0 Å². The number of hydrogen-bond donors (Lipinski definition) is 0. The van der Waals surface area contributed by atoms with Crippen LogP contribution in [0.4, 0.5) is 0 Å². The summed E-state index contributed by atoms with van der Waals surface area (Å²) >= 11 is 1.97. The first-order chi connectivity index (χ1) is 10.7. The SMILES string of the molecule is Cc1ccc(SCCN2CCC(C3OCCO3)CC2)cc1C. The molecule has 3 rings (SSSR count). The monoisotopic (exact) mass is 321 g/mol. The number of hydrogen-bond acceptors (Lipinski definition) is 4. The minimum Gasteiger partial charge on any atom is -0.350 e. The molecule has 0 amide bonds. The highest BCUT2D eigenvalue weighted by atomic mass is 32.2. The molecule has 0 spiro atoms. The Kier molecular flexibility index (Phi) is 5.80. The lowest BCUT2D eigenvalue weighted by Crippen LogP contribution is -2.39. The summed E-state index contributed by atoms with van der Waals surface area (Å²) in [5, 5.41) is 0. The first kappa shape index (κ1) is 16.3. The Labute approximate surface area is 138 Å². The minimum atomic E-state index is 0.0760. The molecule has 0 saturated carbocycles. The van der Waals surface area contributed by atoms with Crippen LogP contribution in [0.5, 0.6) is 0 Å². The molecular weight excluding hydrogens is 294 g/mol. The van der Waals surface area contributed by atoms with E-state index < -0.39 is 0 Å². The molecule has 2 aliphatic heterocycles. The van der Waals surface area contributed by atoms with E-state index in [1.165, 1.54) is 54.3 Å². The molecule has 1 aromatic carbocycles. The van der Waals surface area contributed by atoms with Gasteiger partial charge in [-0.15, -0.1) is 11.8 Å². The molecule has 0 unspecified atom stereocenters. The number of benzene rings is 1. The Morgan fingerprint density at radius 2 is 1.82 bits per heavy atom. The zero-order valence-electron chi connectivity index (χ0n) is 13.7. The van der Waals surface area contributed by atoms with Crippen molar-refractivity contribution < 1.29 is 9.47 Å². The second-order valence-corrected chi connectivity index (χ2v) is 7.55. The molecule has 22 heavy (non-hydrogen) atoms. The van der Waals surface area contributed by atoms with Crippen LogP contribution in [0.25, 0.3) is 0 Å². The number of piperidine rings is 1. The highest BCUT2D eigenvalue weighted by Crippen LogP contribution is 2.26. The summed E-state index contributed by atoms with van der Waals surface area (Å²) in [7, 11) is 0. The lowest BCUT2D eigenvalue weighted by atomic mass is 9.96. The summed E-state index contributed by atoms with van der Waals surface area (Å²) < 4.78 is 11.3. The highest BCUT2D eigenvalue weighted by molar-refractivity contribution is 7.99. The van der Waals surface area contributed by atoms with E-state index in [4.69, 9.17) is 9.47 Å². The van der Waals surface area contributed by atoms with Gasteiger partial charge in [-0.1, -0.05) is 6.07 Å². The van der Waals surface area contributed by atoms with E-state index in [1.807, 2.05) is 11.8 Å². The van der Waals surface area contributed by atoms with Crippen LogP contribution in [0.3, 0.4) is 0 Å². The molecule has 1 aromatic rings. The van der Waals surface area contributed by atoms with Gasteiger partial charge in [0.05, 0.1) is 13.2 Å². The summed E-state index contributed by atoms with van der Waals surface area (Å²) in [5.41, 5.74) is 2.77. The molecule has 0 radical (unpaired) electrons. The van der Waals surface area contributed by atoms with Crippen LogP contribution in [0, 0.1) is 19.8 Å². The maximum absolute atomic E-state index is 5.64. The molecule has 2 saturated heterocycles. The summed E-state index contributed by atoms with van der Waals surface area (Å²) in [5.74, 6) is 1.77. The highest BCUT2D eigenvalue weighted by Gasteiger charge is 2.30. The molecule has 4 heteroatoms. The molecule has 2 aliphatic rings. The van der Waals surface area contributed by atoms with Crippen molar-refractivity contribution >= 4 is 11.8 Å². The number of ether oxygens (including phenoxy) is 2. The summed E-state index contributed by atoms with van der Waals surface area (Å²) in [6.45, 7) is 9.46. The molecule has 0 aromatic heterocycles. The van der Waals surface area contributed by atoms with Crippen molar-refractivity contribution in [3.63, 3.8) is 0 Å². The maximum Gasteiger partial charge on any atom is 0.160 e. The van der Waals surface area contributed by atoms with Gasteiger partial charge in [0.1, 0.15) is 0 Å². The van der Waals surface area contributed by atoms with Crippen LogP contribution in [0.2, 0.25) is 0 Å². The Balaban J connectivity index is 1.37. The molecule has 0 aliphatic carbocycles. The minimum absolute atomic E-state index is 0.0760. The molecular formula is C18H27NO2S. The van der Waals surface area contributed by atoms with Crippen LogP contribution in [-0.2, 0) is 9.47 Å². The van der Waals surface area contributed by atoms with Crippen molar-refractivity contribution in [1.29, 1.82) is 0 Å². The van der Waals surface area contributed by atoms with Crippen molar-refractivity contribution in [3.8, 4) is 0 Å². The van der Waals surface area contributed by atoms with Crippen molar-refractivity contribution in [3.05, 3.63) is 29.3 Å². The van der Waals surface area contributed by atoms with E-state index >= 15 is 0 Å². The van der Waals surface area contributed by atoms with Gasteiger partial charge >= 0.3 is 0 Å². The number of thioether (sulfide) groups is 1. The Hall–Kier alpha value is -0.550. The third-order valence-electron chi connectivity index (χ3n) is 4.82. The number of aryl methyl sites for hydroxylation is 2. The Morgan fingerprint density at radius 3 is 2.50 bits per heavy atom. The fraction of sp³-hybridized carbons (Fsp3) is 0.667. The van der Waals surface area contributed by atoms with E-state index in [0.717, 1.165) is 13.2 Å². The number of likely N-dealkylation sites (tertiary alicyclic amines) is 1. The summed E-state index contributed by atoms with van der Waals surface area (Å²) in [4.78, 5) is 3.98. The van der Waals surface area contributed by atoms with Crippen molar-refractivity contribution in [2.45, 2.75) is 37.9 Å². The average molecular weight is 321 g/mol. The zero-order chi connectivity index (χ0) is 15.4. The maximum atomic E-state index is 5.64. The van der Waals surface area contributed by atoms with E-state index in [1.54, 1.807) is 0 Å². The Bertz CT molecular complexity index is 480. The second-order valence-electron chi connectivity index (χ2n) is 6.38. The first-order valence-corrected chi connectivity index (χ1v) is 9.36. The van der Waals surface area contributed by atoms with Gasteiger partial charge in [-0.25, -0.2) is 0 Å². The summed E-state index contributed by atoms with van der Waals surface area (Å²) in [6, 6.07) is 6.78. The largest absolute Gasteiger partial charge is 0.350 e. The van der Waals surface area contributed by atoms with Gasteiger partial charge in [-0.2, -0.15) is 0 Å². The third kappa shape index (κ3) is 4.25. The average Bonchev–Trinajstić information content (AvgIpc) is 3.06. The smallest absolute Gasteiger partial charge is 0.160 e. The molecule has 122 valence electrons. The van der Waals surface area contributed by atoms with Crippen LogP contribution in [0.15, 0.2) is 23.1 Å². The molecule has 0 N–H and O–H groups in total. The third-order valence-corrected chi connectivity index (χ3v) is 5.79. The van der Waals surface area contributed by atoms with E-state index in [2.05, 4.69) is 36.9 Å². The quantitative estimate of drug-likeness (QED) is 0.774. The van der Waals surface area contributed by atoms with Gasteiger partial charge in [0.25, 0.3) is 0 Å². The molecule has 2 heterocycles. The van der Waals surface area contributed by atoms with Crippen LogP contribution >= 0.6 is 11.8 Å². The van der Waals surface area contributed by atoms with Crippen LogP contribution < -0.4 is 0 Å². The fourth-order valence-electron chi connectivity index (χ4n) is 3.19. The lowest BCUT2D eigenvalue weighted by molar-refractivity contribution is -0.0970. The van der Waals surface area contributed by atoms with Gasteiger partial charge < -0.3 is 14.4 Å². The predicted octanol–water partition coefficient (Wildman–Crippen LogP) is 3.48. The lowest BCUT2D eigenvalue weighted by Gasteiger charge is -2.33. The first-order valence-electron chi connectivity index (χ1n) is 8.38. The van der Waals surface area contributed by atoms with Crippen molar-refractivity contribution in [2.24, 2.45) is 5.92 Å². The van der Waals surface area contributed by atoms with Crippen molar-refractivity contribution in [1.82, 2.24) is 4.90 Å².